The first-order valence-corrected chi connectivity index (χ1v) is 7.74. The molecule has 0 radical (unpaired) electrons. The monoisotopic (exact) mass is 308 g/mol. The maximum Gasteiger partial charge on any atom is 0.244 e. The molecule has 4 nitrogen and oxygen atoms in total. The summed E-state index contributed by atoms with van der Waals surface area (Å²) in [5, 5.41) is 4.07. The molecule has 0 aliphatic carbocycles. The second-order valence-corrected chi connectivity index (χ2v) is 5.48. The van der Waals surface area contributed by atoms with Crippen LogP contribution in [0, 0.1) is 6.92 Å². The highest BCUT2D eigenvalue weighted by Gasteiger charge is 2.10. The lowest BCUT2D eigenvalue weighted by molar-refractivity contribution is -0.116. The van der Waals surface area contributed by atoms with Crippen molar-refractivity contribution in [2.75, 3.05) is 11.9 Å². The third-order valence-electron chi connectivity index (χ3n) is 3.71. The number of amides is 1. The molecule has 4 heteroatoms. The van der Waals surface area contributed by atoms with Crippen molar-refractivity contribution in [2.45, 2.75) is 20.4 Å². The van der Waals surface area contributed by atoms with E-state index >= 15 is 0 Å². The molecule has 0 atom stereocenters. The van der Waals surface area contributed by atoms with Crippen LogP contribution in [0.4, 0.5) is 5.69 Å². The second kappa shape index (κ2) is 6.57. The van der Waals surface area contributed by atoms with Gasteiger partial charge >= 0.3 is 0 Å². The summed E-state index contributed by atoms with van der Waals surface area (Å²) < 4.78 is 7.55. The lowest BCUT2D eigenvalue weighted by atomic mass is 10.2. The van der Waals surface area contributed by atoms with Crippen molar-refractivity contribution in [1.82, 2.24) is 4.57 Å². The summed E-state index contributed by atoms with van der Waals surface area (Å²) in [6, 6.07) is 15.8. The van der Waals surface area contributed by atoms with Gasteiger partial charge in [-0.1, -0.05) is 24.3 Å². The van der Waals surface area contributed by atoms with Gasteiger partial charge < -0.3 is 14.6 Å². The molecule has 23 heavy (non-hydrogen) atoms. The lowest BCUT2D eigenvalue weighted by Gasteiger charge is -2.13. The zero-order valence-corrected chi connectivity index (χ0v) is 13.4. The average Bonchev–Trinajstić information content (AvgIpc) is 2.93. The number of hydrogen-bond donors (Lipinski definition) is 1. The van der Waals surface area contributed by atoms with Crippen molar-refractivity contribution in [1.29, 1.82) is 0 Å². The van der Waals surface area contributed by atoms with Crippen molar-refractivity contribution in [3.05, 3.63) is 60.3 Å². The number of aromatic nitrogens is 1. The van der Waals surface area contributed by atoms with Crippen LogP contribution in [0.2, 0.25) is 0 Å². The van der Waals surface area contributed by atoms with Crippen LogP contribution in [0.1, 0.15) is 12.5 Å². The van der Waals surface area contributed by atoms with Crippen molar-refractivity contribution in [3.8, 4) is 5.75 Å². The number of fused-ring (bicyclic) bond motifs is 1. The maximum atomic E-state index is 12.4. The smallest absolute Gasteiger partial charge is 0.244 e. The molecule has 0 spiro atoms. The van der Waals surface area contributed by atoms with E-state index < -0.39 is 0 Å². The van der Waals surface area contributed by atoms with E-state index in [-0.39, 0.29) is 12.5 Å². The fourth-order valence-corrected chi connectivity index (χ4v) is 2.63. The normalized spacial score (nSPS) is 10.7. The van der Waals surface area contributed by atoms with Crippen LogP contribution < -0.4 is 10.1 Å². The van der Waals surface area contributed by atoms with Gasteiger partial charge in [0.1, 0.15) is 12.3 Å². The summed E-state index contributed by atoms with van der Waals surface area (Å²) in [5.41, 5.74) is 2.86. The van der Waals surface area contributed by atoms with Gasteiger partial charge in [0, 0.05) is 11.7 Å². The van der Waals surface area contributed by atoms with Crippen LogP contribution in [-0.4, -0.2) is 17.1 Å². The van der Waals surface area contributed by atoms with Crippen molar-refractivity contribution in [2.24, 2.45) is 0 Å². The lowest BCUT2D eigenvalue weighted by Crippen LogP contribution is -2.18. The maximum absolute atomic E-state index is 12.4. The Morgan fingerprint density at radius 2 is 2.00 bits per heavy atom. The summed E-state index contributed by atoms with van der Waals surface area (Å²) in [5.74, 6) is 0.634. The zero-order valence-electron chi connectivity index (χ0n) is 13.4. The number of para-hydroxylation sites is 1. The van der Waals surface area contributed by atoms with Gasteiger partial charge in [-0.2, -0.15) is 0 Å². The Morgan fingerprint density at radius 1 is 1.17 bits per heavy atom. The van der Waals surface area contributed by atoms with Crippen molar-refractivity contribution < 1.29 is 9.53 Å². The Kier molecular flexibility index (Phi) is 4.33. The van der Waals surface area contributed by atoms with Crippen molar-refractivity contribution in [3.63, 3.8) is 0 Å². The van der Waals surface area contributed by atoms with Crippen LogP contribution in [0.3, 0.4) is 0 Å². The minimum atomic E-state index is -0.0730. The van der Waals surface area contributed by atoms with E-state index in [0.29, 0.717) is 18.0 Å². The quantitative estimate of drug-likeness (QED) is 0.774. The molecule has 0 unspecified atom stereocenters. The molecule has 1 heterocycles. The summed E-state index contributed by atoms with van der Waals surface area (Å²) in [7, 11) is 0. The van der Waals surface area contributed by atoms with Crippen LogP contribution >= 0.6 is 0 Å². The molecule has 2 aromatic carbocycles. The minimum Gasteiger partial charge on any atom is -0.492 e. The van der Waals surface area contributed by atoms with E-state index in [1.807, 2.05) is 73.1 Å². The minimum absolute atomic E-state index is 0.0730. The summed E-state index contributed by atoms with van der Waals surface area (Å²) >= 11 is 0. The third kappa shape index (κ3) is 3.37. The molecular weight excluding hydrogens is 288 g/mol. The van der Waals surface area contributed by atoms with Gasteiger partial charge in [-0.25, -0.2) is 0 Å². The average molecular weight is 308 g/mol. The standard InChI is InChI=1S/C19H20N2O2/c1-3-23-18-12-14(2)8-9-16(18)20-19(22)13-21-11-10-15-6-4-5-7-17(15)21/h4-12H,3,13H2,1-2H3,(H,20,22). The van der Waals surface area contributed by atoms with Crippen LogP contribution in [0.15, 0.2) is 54.7 Å². The fourth-order valence-electron chi connectivity index (χ4n) is 2.63. The molecule has 3 aromatic rings. The van der Waals surface area contributed by atoms with Gasteiger partial charge in [0.25, 0.3) is 0 Å². The predicted octanol–water partition coefficient (Wildman–Crippen LogP) is 3.99. The van der Waals surface area contributed by atoms with Crippen LogP contribution in [0.25, 0.3) is 10.9 Å². The SMILES string of the molecule is CCOc1cc(C)ccc1NC(=O)Cn1ccc2ccccc21. The molecule has 118 valence electrons. The summed E-state index contributed by atoms with van der Waals surface area (Å²) in [4.78, 5) is 12.4. The number of nitrogens with zero attached hydrogens (tertiary/aromatic N) is 1. The Labute approximate surface area is 135 Å². The molecule has 0 saturated carbocycles. The highest BCUT2D eigenvalue weighted by molar-refractivity contribution is 5.93. The number of ether oxygens (including phenoxy) is 1. The molecule has 3 rings (SSSR count). The number of aryl methyl sites for hydroxylation is 1. The summed E-state index contributed by atoms with van der Waals surface area (Å²) in [6.07, 6.45) is 1.93. The molecule has 0 fully saturated rings. The number of benzene rings is 2. The predicted molar refractivity (Wildman–Crippen MR) is 92.9 cm³/mol. The number of rotatable bonds is 5. The first-order valence-electron chi connectivity index (χ1n) is 7.74. The van der Waals surface area contributed by atoms with E-state index in [4.69, 9.17) is 4.74 Å². The highest BCUT2D eigenvalue weighted by atomic mass is 16.5. The molecular formula is C19H20N2O2. The fraction of sp³-hybridized carbons (Fsp3) is 0.211. The molecule has 0 bridgehead atoms. The van der Waals surface area contributed by atoms with Gasteiger partial charge in [-0.05, 0) is 49.1 Å². The van der Waals surface area contributed by atoms with Gasteiger partial charge in [-0.3, -0.25) is 4.79 Å². The van der Waals surface area contributed by atoms with Gasteiger partial charge in [-0.15, -0.1) is 0 Å². The second-order valence-electron chi connectivity index (χ2n) is 5.48. The van der Waals surface area contributed by atoms with Gasteiger partial charge in [0.15, 0.2) is 0 Å². The van der Waals surface area contributed by atoms with Gasteiger partial charge in [0.2, 0.25) is 5.91 Å². The topological polar surface area (TPSA) is 43.3 Å². The molecule has 1 aromatic heterocycles. The Morgan fingerprint density at radius 3 is 2.83 bits per heavy atom. The van der Waals surface area contributed by atoms with Crippen LogP contribution in [0.5, 0.6) is 5.75 Å². The summed E-state index contributed by atoms with van der Waals surface area (Å²) in [6.45, 7) is 4.77. The molecule has 0 aliphatic heterocycles. The highest BCUT2D eigenvalue weighted by Crippen LogP contribution is 2.26. The number of hydrogen-bond acceptors (Lipinski definition) is 2. The number of carbonyl (C=O) groups excluding carboxylic acids is 1. The Balaban J connectivity index is 1.77. The molecule has 0 saturated heterocycles. The number of anilines is 1. The van der Waals surface area contributed by atoms with Gasteiger partial charge in [0.05, 0.1) is 12.3 Å². The molecule has 1 N–H and O–H groups in total. The number of carbonyl (C=O) groups is 1. The number of nitrogens with one attached hydrogen (secondary N) is 1. The largest absolute Gasteiger partial charge is 0.492 e. The van der Waals surface area contributed by atoms with Crippen LogP contribution in [-0.2, 0) is 11.3 Å². The van der Waals surface area contributed by atoms with E-state index in [1.54, 1.807) is 0 Å². The molecule has 1 amide bonds. The van der Waals surface area contributed by atoms with E-state index in [1.165, 1.54) is 0 Å². The van der Waals surface area contributed by atoms with Crippen molar-refractivity contribution >= 4 is 22.5 Å². The third-order valence-corrected chi connectivity index (χ3v) is 3.71. The Hall–Kier alpha value is -2.75. The van der Waals surface area contributed by atoms with E-state index in [9.17, 15) is 4.79 Å². The first kappa shape index (κ1) is 15.2. The Bertz CT molecular complexity index is 836. The van der Waals surface area contributed by atoms with E-state index in [2.05, 4.69) is 5.32 Å². The first-order chi connectivity index (χ1) is 11.2. The molecule has 0 aliphatic rings. The van der Waals surface area contributed by atoms with E-state index in [0.717, 1.165) is 16.5 Å². The zero-order chi connectivity index (χ0) is 16.2.